The lowest BCUT2D eigenvalue weighted by Crippen LogP contribution is -2.23. The zero-order valence-corrected chi connectivity index (χ0v) is 10.1. The van der Waals surface area contributed by atoms with Gasteiger partial charge in [0.05, 0.1) is 13.2 Å². The fourth-order valence-electron chi connectivity index (χ4n) is 2.55. The summed E-state index contributed by atoms with van der Waals surface area (Å²) in [7, 11) is 0. The molecule has 0 radical (unpaired) electrons. The van der Waals surface area contributed by atoms with E-state index < -0.39 is 0 Å². The van der Waals surface area contributed by atoms with Crippen molar-refractivity contribution in [2.75, 3.05) is 19.8 Å². The maximum Gasteiger partial charge on any atom is 0.161 e. The van der Waals surface area contributed by atoms with Gasteiger partial charge in [-0.05, 0) is 43.5 Å². The summed E-state index contributed by atoms with van der Waals surface area (Å²) in [6, 6.07) is 6.98. The highest BCUT2D eigenvalue weighted by atomic mass is 16.5. The highest BCUT2D eigenvalue weighted by Gasteiger charge is 2.16. The first-order valence-electron chi connectivity index (χ1n) is 6.54. The van der Waals surface area contributed by atoms with Gasteiger partial charge in [0.1, 0.15) is 0 Å². The average Bonchev–Trinajstić information content (AvgIpc) is 2.73. The summed E-state index contributed by atoms with van der Waals surface area (Å²) in [5.74, 6) is 1.81. The van der Waals surface area contributed by atoms with Gasteiger partial charge < -0.3 is 14.8 Å². The predicted molar refractivity (Wildman–Crippen MR) is 66.8 cm³/mol. The van der Waals surface area contributed by atoms with Crippen molar-refractivity contribution in [3.8, 4) is 11.5 Å². The molecule has 1 unspecified atom stereocenters. The highest BCUT2D eigenvalue weighted by molar-refractivity contribution is 5.43. The smallest absolute Gasteiger partial charge is 0.161 e. The molecule has 1 N–H and O–H groups in total. The maximum atomic E-state index is 5.71. The van der Waals surface area contributed by atoms with E-state index in [2.05, 4.69) is 17.4 Å². The second-order valence-corrected chi connectivity index (χ2v) is 4.83. The van der Waals surface area contributed by atoms with Gasteiger partial charge in [-0.3, -0.25) is 0 Å². The number of fused-ring (bicyclic) bond motifs is 1. The summed E-state index contributed by atoms with van der Waals surface area (Å²) in [5, 5.41) is 3.53. The Morgan fingerprint density at radius 2 is 2.00 bits per heavy atom. The molecule has 0 spiro atoms. The third kappa shape index (κ3) is 2.55. The Morgan fingerprint density at radius 1 is 1.12 bits per heavy atom. The monoisotopic (exact) mass is 233 g/mol. The second kappa shape index (κ2) is 4.96. The number of nitrogens with one attached hydrogen (secondary N) is 1. The fourth-order valence-corrected chi connectivity index (χ4v) is 2.55. The molecular weight excluding hydrogens is 214 g/mol. The van der Waals surface area contributed by atoms with Gasteiger partial charge in [0, 0.05) is 12.5 Å². The van der Waals surface area contributed by atoms with Crippen molar-refractivity contribution in [3.05, 3.63) is 23.8 Å². The molecule has 3 heteroatoms. The van der Waals surface area contributed by atoms with Crippen LogP contribution in [0.2, 0.25) is 0 Å². The Balaban J connectivity index is 1.74. The maximum absolute atomic E-state index is 5.71. The van der Waals surface area contributed by atoms with E-state index in [1.807, 2.05) is 6.07 Å². The lowest BCUT2D eigenvalue weighted by atomic mass is 10.0. The molecule has 3 rings (SSSR count). The zero-order chi connectivity index (χ0) is 11.5. The van der Waals surface area contributed by atoms with Gasteiger partial charge in [0.25, 0.3) is 0 Å². The summed E-state index contributed by atoms with van der Waals surface area (Å²) in [5.41, 5.74) is 1.34. The largest absolute Gasteiger partial charge is 0.490 e. The number of ether oxygens (including phenoxy) is 2. The predicted octanol–water partition coefficient (Wildman–Crippen LogP) is 2.14. The minimum Gasteiger partial charge on any atom is -0.490 e. The summed E-state index contributed by atoms with van der Waals surface area (Å²) >= 11 is 0. The van der Waals surface area contributed by atoms with Crippen molar-refractivity contribution in [2.24, 2.45) is 0 Å². The van der Waals surface area contributed by atoms with Crippen molar-refractivity contribution in [1.29, 1.82) is 0 Å². The van der Waals surface area contributed by atoms with E-state index in [-0.39, 0.29) is 0 Å². The van der Waals surface area contributed by atoms with Crippen LogP contribution in [0.1, 0.15) is 24.8 Å². The van der Waals surface area contributed by atoms with Crippen LogP contribution in [-0.2, 0) is 6.42 Å². The van der Waals surface area contributed by atoms with Crippen LogP contribution in [0.25, 0.3) is 0 Å². The molecule has 3 nitrogen and oxygen atoms in total. The molecule has 0 bridgehead atoms. The molecule has 92 valence electrons. The van der Waals surface area contributed by atoms with Gasteiger partial charge in [-0.25, -0.2) is 0 Å². The van der Waals surface area contributed by atoms with Gasteiger partial charge in [-0.2, -0.15) is 0 Å². The van der Waals surface area contributed by atoms with Crippen molar-refractivity contribution >= 4 is 0 Å². The molecule has 1 atom stereocenters. The van der Waals surface area contributed by atoms with E-state index in [1.165, 1.54) is 18.4 Å². The van der Waals surface area contributed by atoms with Crippen molar-refractivity contribution in [3.63, 3.8) is 0 Å². The van der Waals surface area contributed by atoms with Crippen LogP contribution in [0, 0.1) is 0 Å². The molecular formula is C14H19NO2. The SMILES string of the molecule is c1cc2c(cc1CC1CCCN1)OCCCO2. The normalized spacial score (nSPS) is 23.4. The standard InChI is InChI=1S/C14H19NO2/c1-3-12(15-6-1)9-11-4-5-13-14(10-11)17-8-2-7-16-13/h4-5,10,12,15H,1-3,6-9H2. The van der Waals surface area contributed by atoms with Gasteiger partial charge >= 0.3 is 0 Å². The first kappa shape index (κ1) is 10.9. The molecule has 0 aromatic heterocycles. The number of rotatable bonds is 2. The Kier molecular flexibility index (Phi) is 3.18. The zero-order valence-electron chi connectivity index (χ0n) is 10.1. The van der Waals surface area contributed by atoms with Crippen LogP contribution < -0.4 is 14.8 Å². The van der Waals surface area contributed by atoms with Crippen LogP contribution in [0.3, 0.4) is 0 Å². The lowest BCUT2D eigenvalue weighted by Gasteiger charge is -2.12. The van der Waals surface area contributed by atoms with E-state index in [1.54, 1.807) is 0 Å². The molecule has 17 heavy (non-hydrogen) atoms. The Hall–Kier alpha value is -1.22. The van der Waals surface area contributed by atoms with Crippen LogP contribution in [0.4, 0.5) is 0 Å². The number of hydrogen-bond donors (Lipinski definition) is 1. The summed E-state index contributed by atoms with van der Waals surface area (Å²) < 4.78 is 11.3. The molecule has 1 aromatic carbocycles. The third-order valence-corrected chi connectivity index (χ3v) is 3.46. The molecule has 2 heterocycles. The lowest BCUT2D eigenvalue weighted by molar-refractivity contribution is 0.297. The van der Waals surface area contributed by atoms with E-state index in [9.17, 15) is 0 Å². The van der Waals surface area contributed by atoms with E-state index >= 15 is 0 Å². The Morgan fingerprint density at radius 3 is 2.82 bits per heavy atom. The topological polar surface area (TPSA) is 30.5 Å². The van der Waals surface area contributed by atoms with Crippen LogP contribution in [-0.4, -0.2) is 25.8 Å². The van der Waals surface area contributed by atoms with Gasteiger partial charge in [-0.1, -0.05) is 6.07 Å². The van der Waals surface area contributed by atoms with E-state index in [0.29, 0.717) is 6.04 Å². The van der Waals surface area contributed by atoms with Crippen LogP contribution in [0.15, 0.2) is 18.2 Å². The fraction of sp³-hybridized carbons (Fsp3) is 0.571. The molecule has 1 fully saturated rings. The summed E-state index contributed by atoms with van der Waals surface area (Å²) in [4.78, 5) is 0. The van der Waals surface area contributed by atoms with Crippen molar-refractivity contribution in [2.45, 2.75) is 31.7 Å². The Bertz CT molecular complexity index is 386. The Labute approximate surface area is 102 Å². The molecule has 2 aliphatic rings. The summed E-state index contributed by atoms with van der Waals surface area (Å²) in [6.45, 7) is 2.68. The molecule has 2 aliphatic heterocycles. The van der Waals surface area contributed by atoms with Crippen molar-refractivity contribution in [1.82, 2.24) is 5.32 Å². The van der Waals surface area contributed by atoms with Gasteiger partial charge in [0.2, 0.25) is 0 Å². The molecule has 0 saturated carbocycles. The molecule has 1 aromatic rings. The van der Waals surface area contributed by atoms with E-state index in [4.69, 9.17) is 9.47 Å². The quantitative estimate of drug-likeness (QED) is 0.849. The molecule has 1 saturated heterocycles. The van der Waals surface area contributed by atoms with E-state index in [0.717, 1.165) is 44.1 Å². The van der Waals surface area contributed by atoms with Gasteiger partial charge in [0.15, 0.2) is 11.5 Å². The molecule has 0 aliphatic carbocycles. The summed E-state index contributed by atoms with van der Waals surface area (Å²) in [6.07, 6.45) is 4.65. The number of benzene rings is 1. The molecule has 0 amide bonds. The third-order valence-electron chi connectivity index (χ3n) is 3.46. The van der Waals surface area contributed by atoms with Crippen LogP contribution >= 0.6 is 0 Å². The number of hydrogen-bond acceptors (Lipinski definition) is 3. The first-order chi connectivity index (χ1) is 8.42. The average molecular weight is 233 g/mol. The van der Waals surface area contributed by atoms with Gasteiger partial charge in [-0.15, -0.1) is 0 Å². The second-order valence-electron chi connectivity index (χ2n) is 4.83. The van der Waals surface area contributed by atoms with Crippen molar-refractivity contribution < 1.29 is 9.47 Å². The highest BCUT2D eigenvalue weighted by Crippen LogP contribution is 2.31. The minimum absolute atomic E-state index is 0.639. The first-order valence-corrected chi connectivity index (χ1v) is 6.54. The van der Waals surface area contributed by atoms with Crippen LogP contribution in [0.5, 0.6) is 11.5 Å². The minimum atomic E-state index is 0.639.